The number of aldehydes is 1. The quantitative estimate of drug-likeness (QED) is 0.0254. The third-order valence-corrected chi connectivity index (χ3v) is 292. The Hall–Kier alpha value is 14.6. The van der Waals surface area contributed by atoms with Gasteiger partial charge in [0.05, 0.1) is 18.4 Å². The molecular formula is C20H60BBrF4N4O4P42. The molecule has 4 aromatic rings. The van der Waals surface area contributed by atoms with Crippen LogP contribution in [0.25, 0.3) is 11.3 Å². The van der Waals surface area contributed by atoms with Crippen LogP contribution in [0.15, 0.2) is 53.4 Å². The lowest BCUT2D eigenvalue weighted by Gasteiger charge is -2.56. The number of ether oxygens (including phenoxy) is 1. The second-order valence-electron chi connectivity index (χ2n) is 12.8. The van der Waals surface area contributed by atoms with Crippen LogP contribution in [0.1, 0.15) is 10.4 Å². The van der Waals surface area contributed by atoms with Gasteiger partial charge in [0.2, 0.25) is 0 Å². The molecule has 23 atom stereocenters. The van der Waals surface area contributed by atoms with Crippen LogP contribution in [-0.2, 0) is 0 Å². The van der Waals surface area contributed by atoms with Crippen LogP contribution in [0, 0.1) is 23.3 Å². The third kappa shape index (κ3) is 30.8. The standard InChI is InChI=1S/C10H6F2N2O.C7H7BF2O3.C3H3BrN2.H44P42/c11-8-3-6(10-1-2-13-14-10)4-9(12)7(8)5-15;1-13-7-5(9)2-4(8(11)12)3-6(7)10;4-3-1-2-5-6-3;1-23(2)34(24(3)4)39(33(21)22)42(40(35(25(5)6)26(7)8)36(27(9)10)28(11)12)41(37(29(13)14)30(15)16)38(31(17)18)32(19)20/h1-5H,(H,13,14);2-3,11-12H,1H3;1-2H,(H,5,6);1-22H2. The molecule has 56 heteroatoms. The fourth-order valence-electron chi connectivity index (χ4n) is 4.85. The summed E-state index contributed by atoms with van der Waals surface area (Å²) in [7, 11) is 74.2. The van der Waals surface area contributed by atoms with E-state index in [0.29, 0.717) is 11.3 Å². The number of H-pyrrole nitrogens is 2. The number of nitrogens with zero attached hydrogens (tertiary/aromatic N) is 2. The molecule has 0 saturated heterocycles. The van der Waals surface area contributed by atoms with Crippen molar-refractivity contribution in [2.75, 3.05) is 7.11 Å². The maximum Gasteiger partial charge on any atom is 0.488 e. The first-order valence-corrected chi connectivity index (χ1v) is 95.3. The van der Waals surface area contributed by atoms with Crippen molar-refractivity contribution in [3.63, 3.8) is 0 Å². The van der Waals surface area contributed by atoms with Gasteiger partial charge in [-0.1, -0.05) is 0 Å². The monoisotopic (exact) mass is 1890 g/mol. The predicted octanol–water partition coefficient (Wildman–Crippen LogP) is 27.4. The van der Waals surface area contributed by atoms with Gasteiger partial charge in [-0.25, -0.2) is 17.6 Å². The van der Waals surface area contributed by atoms with E-state index >= 15 is 0 Å². The maximum atomic E-state index is 13.2. The number of halogens is 5. The molecule has 23 unspecified atom stereocenters. The van der Waals surface area contributed by atoms with Crippen LogP contribution < -0.4 is 10.2 Å². The summed E-state index contributed by atoms with van der Waals surface area (Å²) in [5, 5.41) is 29.8. The molecule has 0 aliphatic heterocycles. The number of rotatable bonds is 23. The number of aromatic nitrogens is 4. The molecule has 0 amide bonds. The molecule has 0 aliphatic carbocycles. The van der Waals surface area contributed by atoms with E-state index in [1.165, 1.54) is 6.20 Å². The molecular weight excluding hydrogens is 1830 g/mol. The van der Waals surface area contributed by atoms with Crippen molar-refractivity contribution >= 4 is 371 Å². The van der Waals surface area contributed by atoms with Gasteiger partial charge in [-0.2, -0.15) is 10.2 Å². The van der Waals surface area contributed by atoms with Crippen LogP contribution in [0.3, 0.4) is 0 Å². The Morgan fingerprint density at radius 2 is 0.789 bits per heavy atom. The van der Waals surface area contributed by atoms with Crippen molar-refractivity contribution in [3.05, 3.63) is 82.2 Å². The zero-order chi connectivity index (χ0) is 58.8. The number of hydrogen-bond donors (Lipinski definition) is 4. The average molecular weight is 1890 g/mol. The number of carbonyl (C=O) groups excluding carboxylic acids is 1. The summed E-state index contributed by atoms with van der Waals surface area (Å²) in [4.78, 5) is 10.3. The Kier molecular flexibility index (Phi) is 55.4. The van der Waals surface area contributed by atoms with E-state index in [1.54, 1.807) is 12.3 Å². The first-order valence-electron chi connectivity index (χ1n) is 18.6. The number of hydrogen-bond acceptors (Lipinski definition) is 6. The van der Waals surface area contributed by atoms with E-state index in [4.69, 9.17) is 10.0 Å². The van der Waals surface area contributed by atoms with Crippen molar-refractivity contribution in [1.29, 1.82) is 0 Å². The van der Waals surface area contributed by atoms with E-state index in [2.05, 4.69) is 237 Å². The van der Waals surface area contributed by atoms with Crippen LogP contribution >= 0.6 is 352 Å². The van der Waals surface area contributed by atoms with E-state index in [1.807, 2.05) is 6.07 Å². The molecule has 76 heavy (non-hydrogen) atoms. The topological polar surface area (TPSA) is 124 Å². The Morgan fingerprint density at radius 1 is 0.487 bits per heavy atom. The molecule has 2 aromatic carbocycles. The molecule has 0 aliphatic rings. The molecule has 4 rings (SSSR count). The van der Waals surface area contributed by atoms with Gasteiger partial charge in [0.25, 0.3) is 0 Å². The summed E-state index contributed by atoms with van der Waals surface area (Å²) in [6.07, 6.45) is 3.31. The van der Waals surface area contributed by atoms with Crippen molar-refractivity contribution in [3.8, 4) is 17.0 Å². The minimum Gasteiger partial charge on any atom is -0.491 e. The highest BCUT2D eigenvalue weighted by Gasteiger charge is 2.56. The predicted molar refractivity (Wildman–Crippen MR) is 470 cm³/mol. The van der Waals surface area contributed by atoms with E-state index in [9.17, 15) is 22.4 Å². The summed E-state index contributed by atoms with van der Waals surface area (Å²) < 4.78 is 57.5. The van der Waals surface area contributed by atoms with Crippen molar-refractivity contribution < 1.29 is 37.1 Å². The molecule has 432 valence electrons. The summed E-state index contributed by atoms with van der Waals surface area (Å²) in [5.74, 6) is -4.23. The second kappa shape index (κ2) is 47.5. The fraction of sp³-hybridized carbons (Fsp3) is 0.0500. The summed E-state index contributed by atoms with van der Waals surface area (Å²) in [6, 6.07) is 7.18. The molecule has 2 aromatic heterocycles. The highest BCUT2D eigenvalue weighted by Crippen LogP contribution is 3.43. The summed E-state index contributed by atoms with van der Waals surface area (Å²) >= 11 is 3.16. The summed E-state index contributed by atoms with van der Waals surface area (Å²) in [5.41, 5.74) is -0.00702. The van der Waals surface area contributed by atoms with Gasteiger partial charge in [-0.3, -0.25) is 15.0 Å². The van der Waals surface area contributed by atoms with Gasteiger partial charge >= 0.3 is 7.12 Å². The molecule has 0 spiro atoms. The lowest BCUT2D eigenvalue weighted by Crippen LogP contribution is -2.30. The zero-order valence-corrected chi connectivity index (χ0v) is 83.8. The van der Waals surface area contributed by atoms with Crippen LogP contribution in [0.5, 0.6) is 5.75 Å². The highest BCUT2D eigenvalue weighted by atomic mass is 79.9. The minimum atomic E-state index is -1.89. The van der Waals surface area contributed by atoms with E-state index in [0.717, 1.165) is 36.0 Å². The minimum absolute atomic E-state index is 0.0542. The van der Waals surface area contributed by atoms with Gasteiger partial charge in [0.1, 0.15) is 16.2 Å². The average Bonchev–Trinajstić information content (AvgIpc) is 4.00. The normalized spacial score (nSPS) is 12.8. The smallest absolute Gasteiger partial charge is 0.488 e. The molecule has 0 saturated carbocycles. The van der Waals surface area contributed by atoms with E-state index < -0.39 is 41.7 Å². The number of benzene rings is 2. The number of nitrogens with one attached hydrogen (secondary N) is 2. The van der Waals surface area contributed by atoms with Gasteiger partial charge in [-0.05, 0) is 198 Å². The van der Waals surface area contributed by atoms with Crippen LogP contribution in [0.4, 0.5) is 17.6 Å². The van der Waals surface area contributed by atoms with Crippen molar-refractivity contribution in [2.45, 2.75) is 0 Å². The molecule has 2 heterocycles. The van der Waals surface area contributed by atoms with Crippen LogP contribution in [0.2, 0.25) is 0 Å². The fourth-order valence-corrected chi connectivity index (χ4v) is 591. The Morgan fingerprint density at radius 3 is 1.01 bits per heavy atom. The second-order valence-corrected chi connectivity index (χ2v) is 185. The number of aromatic amines is 2. The lowest BCUT2D eigenvalue weighted by atomic mass is 9.80. The van der Waals surface area contributed by atoms with Gasteiger partial charge in [0.15, 0.2) is 23.7 Å². The molecule has 0 radical (unpaired) electrons. The Bertz CT molecular complexity index is 2100. The lowest BCUT2D eigenvalue weighted by molar-refractivity contribution is 0.111. The molecule has 0 fully saturated rings. The first-order chi connectivity index (χ1) is 35.2. The first kappa shape index (κ1) is 88.6. The number of carbonyl (C=O) groups is 1. The Labute approximate surface area is 528 Å². The van der Waals surface area contributed by atoms with Gasteiger partial charge in [0, 0.05) is 18.0 Å². The van der Waals surface area contributed by atoms with Crippen molar-refractivity contribution in [1.82, 2.24) is 20.4 Å². The molecule has 8 nitrogen and oxygen atoms in total. The highest BCUT2D eigenvalue weighted by molar-refractivity contribution is 9.49. The zero-order valence-electron chi connectivity index (χ0n) is 38.9. The SMILES string of the molecule is Brc1ccn[nH]1.COc1c(F)cc(B(O)O)cc1F.O=Cc1c(F)cc(-c2ccn[nH]2)cc1F.PP(P)P(P(P)P)P(P(P)P)P(P(P(P(P)P)P(P)P)P(P(P)P)P(P)P)P(P(P(P)P)P(P)P)P(P(P)P)P(P)P. The van der Waals surface area contributed by atoms with Gasteiger partial charge in [-0.15, -0.1) is 196 Å². The third-order valence-electron chi connectivity index (χ3n) is 7.55. The van der Waals surface area contributed by atoms with E-state index in [-0.39, 0.29) is 151 Å². The largest absolute Gasteiger partial charge is 0.491 e. The van der Waals surface area contributed by atoms with Crippen LogP contribution in [-0.4, -0.2) is 51.0 Å². The van der Waals surface area contributed by atoms with Crippen molar-refractivity contribution in [2.24, 2.45) is 0 Å². The molecule has 0 bridgehead atoms. The number of methoxy groups -OCH3 is 1. The summed E-state index contributed by atoms with van der Waals surface area (Å²) in [6.45, 7) is -2.19. The Balaban J connectivity index is 0.000000669. The molecule has 4 N–H and O–H groups in total. The maximum absolute atomic E-state index is 13.2. The van der Waals surface area contributed by atoms with Gasteiger partial charge < -0.3 is 14.8 Å².